The maximum atomic E-state index is 13.4. The number of hydrogen-bond donors (Lipinski definition) is 8. The third kappa shape index (κ3) is 14.7. The highest BCUT2D eigenvalue weighted by Crippen LogP contribution is 2.10. The smallest absolute Gasteiger partial charge is 0.326 e. The molecule has 1 aromatic rings. The molecule has 0 bridgehead atoms. The van der Waals surface area contributed by atoms with E-state index in [-0.39, 0.29) is 44.4 Å². The summed E-state index contributed by atoms with van der Waals surface area (Å²) in [5.74, 6) is -6.50. The Morgan fingerprint density at radius 1 is 0.689 bits per heavy atom. The molecule has 15 heteroatoms. The van der Waals surface area contributed by atoms with Gasteiger partial charge in [0.15, 0.2) is 0 Å². The van der Waals surface area contributed by atoms with Gasteiger partial charge < -0.3 is 43.6 Å². The number of hydrogen-bond acceptors (Lipinski definition) is 8. The lowest BCUT2D eigenvalue weighted by molar-refractivity contribution is -0.143. The second-order valence-electron chi connectivity index (χ2n) is 11.7. The molecule has 5 atom stereocenters. The summed E-state index contributed by atoms with van der Waals surface area (Å²) in [6, 6.07) is 2.93. The summed E-state index contributed by atoms with van der Waals surface area (Å²) >= 11 is 0. The van der Waals surface area contributed by atoms with Crippen molar-refractivity contribution >= 4 is 41.4 Å². The fourth-order valence-electron chi connectivity index (χ4n) is 4.37. The lowest BCUT2D eigenvalue weighted by atomic mass is 10.0. The number of benzene rings is 1. The van der Waals surface area contributed by atoms with Gasteiger partial charge in [-0.05, 0) is 43.1 Å². The molecule has 0 saturated heterocycles. The highest BCUT2D eigenvalue weighted by Gasteiger charge is 2.33. The number of nitrogens with one attached hydrogen (secondary N) is 4. The van der Waals surface area contributed by atoms with Crippen LogP contribution in [0.15, 0.2) is 30.3 Å². The molecule has 1 aromatic carbocycles. The Bertz CT molecular complexity index is 1190. The number of carbonyl (C=O) groups is 7. The molecule has 0 saturated carbocycles. The van der Waals surface area contributed by atoms with Gasteiger partial charge in [-0.3, -0.25) is 28.8 Å². The second kappa shape index (κ2) is 19.0. The van der Waals surface area contributed by atoms with Gasteiger partial charge in [-0.15, -0.1) is 0 Å². The Morgan fingerprint density at radius 3 is 1.56 bits per heavy atom. The first kappa shape index (κ1) is 38.5. The minimum atomic E-state index is -1.40. The maximum Gasteiger partial charge on any atom is 0.326 e. The topological polar surface area (TPSA) is 266 Å². The van der Waals surface area contributed by atoms with E-state index in [0.29, 0.717) is 0 Å². The number of primary amides is 2. The molecule has 0 aliphatic heterocycles. The first-order valence-electron chi connectivity index (χ1n) is 14.8. The van der Waals surface area contributed by atoms with Crippen LogP contribution in [0.25, 0.3) is 0 Å². The Labute approximate surface area is 262 Å². The molecule has 1 rings (SSSR count). The molecule has 11 N–H and O–H groups in total. The molecule has 5 unspecified atom stereocenters. The quantitative estimate of drug-likeness (QED) is 0.0857. The van der Waals surface area contributed by atoms with E-state index in [4.69, 9.17) is 17.2 Å². The molecule has 0 heterocycles. The molecule has 15 nitrogen and oxygen atoms in total. The van der Waals surface area contributed by atoms with E-state index in [1.807, 2.05) is 44.2 Å². The average molecular weight is 634 g/mol. The van der Waals surface area contributed by atoms with E-state index in [1.165, 1.54) is 0 Å². The van der Waals surface area contributed by atoms with E-state index >= 15 is 0 Å². The van der Waals surface area contributed by atoms with Crippen LogP contribution < -0.4 is 38.5 Å². The molecular weight excluding hydrogens is 586 g/mol. The fraction of sp³-hybridized carbons (Fsp3) is 0.567. The Hall–Kier alpha value is -4.53. The van der Waals surface area contributed by atoms with Crippen LogP contribution in [0.1, 0.15) is 65.4 Å². The number of carboxylic acid groups (broad SMARTS) is 1. The molecule has 0 aromatic heterocycles. The number of aliphatic carboxylic acids is 1. The Balaban J connectivity index is 3.16. The second-order valence-corrected chi connectivity index (χ2v) is 11.7. The molecule has 0 aliphatic rings. The molecule has 250 valence electrons. The summed E-state index contributed by atoms with van der Waals surface area (Å²) in [6.07, 6.45) is -0.735. The van der Waals surface area contributed by atoms with Gasteiger partial charge in [0.25, 0.3) is 0 Å². The monoisotopic (exact) mass is 633 g/mol. The molecule has 0 radical (unpaired) electrons. The van der Waals surface area contributed by atoms with Crippen LogP contribution in [-0.4, -0.2) is 76.7 Å². The lowest BCUT2D eigenvalue weighted by Gasteiger charge is -2.27. The van der Waals surface area contributed by atoms with Crippen LogP contribution >= 0.6 is 0 Å². The number of nitrogens with two attached hydrogens (primary N) is 3. The van der Waals surface area contributed by atoms with Gasteiger partial charge in [0, 0.05) is 12.8 Å². The zero-order valence-electron chi connectivity index (χ0n) is 26.2. The van der Waals surface area contributed by atoms with Crippen LogP contribution in [0, 0.1) is 11.8 Å². The van der Waals surface area contributed by atoms with Crippen molar-refractivity contribution in [3.8, 4) is 0 Å². The number of carbonyl (C=O) groups excluding carboxylic acids is 6. The van der Waals surface area contributed by atoms with Crippen LogP contribution in [0.4, 0.5) is 0 Å². The summed E-state index contributed by atoms with van der Waals surface area (Å²) in [7, 11) is 0. The van der Waals surface area contributed by atoms with E-state index in [2.05, 4.69) is 21.3 Å². The number of rotatable bonds is 20. The van der Waals surface area contributed by atoms with E-state index in [9.17, 15) is 38.7 Å². The summed E-state index contributed by atoms with van der Waals surface area (Å²) in [5.41, 5.74) is 17.4. The third-order valence-corrected chi connectivity index (χ3v) is 6.83. The average Bonchev–Trinajstić information content (AvgIpc) is 2.94. The van der Waals surface area contributed by atoms with Crippen molar-refractivity contribution < 1.29 is 38.7 Å². The van der Waals surface area contributed by atoms with Gasteiger partial charge in [0.1, 0.15) is 24.2 Å². The molecule has 0 aliphatic carbocycles. The Kier molecular flexibility index (Phi) is 16.2. The predicted octanol–water partition coefficient (Wildman–Crippen LogP) is -1.19. The summed E-state index contributed by atoms with van der Waals surface area (Å²) < 4.78 is 0. The first-order valence-corrected chi connectivity index (χ1v) is 14.8. The lowest BCUT2D eigenvalue weighted by Crippen LogP contribution is -2.59. The molecule has 0 spiro atoms. The molecule has 6 amide bonds. The van der Waals surface area contributed by atoms with Gasteiger partial charge in [-0.25, -0.2) is 4.79 Å². The summed E-state index contributed by atoms with van der Waals surface area (Å²) in [6.45, 7) is 6.81. The normalized spacial score (nSPS) is 14.4. The van der Waals surface area contributed by atoms with E-state index in [1.54, 1.807) is 13.8 Å². The SMILES string of the molecule is CC(C)CC(NC(=O)C(N)Cc1ccccc1)C(=O)NC(CCC(N)=O)C(=O)NC(CCC(N)=O)C(=O)NC(C(=O)O)C(C)C. The van der Waals surface area contributed by atoms with Gasteiger partial charge in [-0.1, -0.05) is 58.0 Å². The zero-order valence-corrected chi connectivity index (χ0v) is 26.2. The van der Waals surface area contributed by atoms with Crippen molar-refractivity contribution in [1.29, 1.82) is 0 Å². The van der Waals surface area contributed by atoms with Gasteiger partial charge in [0.2, 0.25) is 35.4 Å². The largest absolute Gasteiger partial charge is 0.480 e. The molecule has 0 fully saturated rings. The van der Waals surface area contributed by atoms with E-state index in [0.717, 1.165) is 5.56 Å². The predicted molar refractivity (Wildman–Crippen MR) is 165 cm³/mol. The number of amides is 6. The standard InChI is InChI=1S/C30H47N7O8/c1-16(2)14-22(36-26(40)19(31)15-18-8-6-5-7-9-18)29(43)35-20(10-12-23(32)38)27(41)34-21(11-13-24(33)39)28(42)37-25(17(3)4)30(44)45/h5-9,16-17,19-22,25H,10-15,31H2,1-4H3,(H2,32,38)(H2,33,39)(H,34,41)(H,35,43)(H,36,40)(H,37,42)(H,44,45). The minimum absolute atomic E-state index is 0.0608. The maximum absolute atomic E-state index is 13.4. The van der Waals surface area contributed by atoms with Crippen molar-refractivity contribution in [2.75, 3.05) is 0 Å². The molecule has 45 heavy (non-hydrogen) atoms. The van der Waals surface area contributed by atoms with Crippen molar-refractivity contribution in [2.45, 2.75) is 96.4 Å². The van der Waals surface area contributed by atoms with Crippen LogP contribution in [0.5, 0.6) is 0 Å². The fourth-order valence-corrected chi connectivity index (χ4v) is 4.37. The van der Waals surface area contributed by atoms with E-state index < -0.39 is 77.5 Å². The van der Waals surface area contributed by atoms with Crippen LogP contribution in [0.2, 0.25) is 0 Å². The zero-order chi connectivity index (χ0) is 34.3. The highest BCUT2D eigenvalue weighted by atomic mass is 16.4. The van der Waals surface area contributed by atoms with Crippen LogP contribution in [-0.2, 0) is 40.0 Å². The highest BCUT2D eigenvalue weighted by molar-refractivity contribution is 5.96. The van der Waals surface area contributed by atoms with Crippen LogP contribution in [0.3, 0.4) is 0 Å². The summed E-state index contributed by atoms with van der Waals surface area (Å²) in [5, 5.41) is 19.4. The third-order valence-electron chi connectivity index (χ3n) is 6.83. The van der Waals surface area contributed by atoms with Gasteiger partial charge in [-0.2, -0.15) is 0 Å². The van der Waals surface area contributed by atoms with Crippen molar-refractivity contribution in [1.82, 2.24) is 21.3 Å². The van der Waals surface area contributed by atoms with Crippen molar-refractivity contribution in [2.24, 2.45) is 29.0 Å². The summed E-state index contributed by atoms with van der Waals surface area (Å²) in [4.78, 5) is 87.3. The minimum Gasteiger partial charge on any atom is -0.480 e. The number of carboxylic acids is 1. The van der Waals surface area contributed by atoms with Gasteiger partial charge in [0.05, 0.1) is 6.04 Å². The molecular formula is C30H47N7O8. The van der Waals surface area contributed by atoms with Crippen molar-refractivity contribution in [3.63, 3.8) is 0 Å². The van der Waals surface area contributed by atoms with Crippen molar-refractivity contribution in [3.05, 3.63) is 35.9 Å². The first-order chi connectivity index (χ1) is 21.0. The Morgan fingerprint density at radius 2 is 1.13 bits per heavy atom. The van der Waals surface area contributed by atoms with Gasteiger partial charge >= 0.3 is 5.97 Å².